The van der Waals surface area contributed by atoms with Crippen LogP contribution in [0.4, 0.5) is 0 Å². The Morgan fingerprint density at radius 3 is 2.44 bits per heavy atom. The first-order valence-electron chi connectivity index (χ1n) is 5.68. The minimum atomic E-state index is 0.465. The zero-order chi connectivity index (χ0) is 12.6. The summed E-state index contributed by atoms with van der Waals surface area (Å²) in [5.41, 5.74) is 1.19. The lowest BCUT2D eigenvalue weighted by Gasteiger charge is -2.06. The molecule has 2 heteroatoms. The Morgan fingerprint density at radius 2 is 2.00 bits per heavy atom. The van der Waals surface area contributed by atoms with Gasteiger partial charge in [-0.15, -0.1) is 0 Å². The molecule has 16 heavy (non-hydrogen) atoms. The van der Waals surface area contributed by atoms with Crippen LogP contribution in [0.5, 0.6) is 0 Å². The topological polar surface area (TPSA) is 17.8 Å². The van der Waals surface area contributed by atoms with E-state index in [-0.39, 0.29) is 0 Å². The molecule has 0 aromatic carbocycles. The van der Waals surface area contributed by atoms with E-state index in [1.54, 1.807) is 12.3 Å². The molecule has 1 aromatic rings. The predicted octanol–water partition coefficient (Wildman–Crippen LogP) is 4.24. The minimum absolute atomic E-state index is 0.465. The maximum absolute atomic E-state index is 4.15. The lowest BCUT2D eigenvalue weighted by atomic mass is 10.1. The van der Waals surface area contributed by atoms with E-state index in [9.17, 15) is 0 Å². The fourth-order valence-electron chi connectivity index (χ4n) is 1.19. The number of imidazole rings is 1. The number of hydrogen-bond acceptors (Lipinski definition) is 1. The van der Waals surface area contributed by atoms with Crippen molar-refractivity contribution in [3.8, 4) is 0 Å². The van der Waals surface area contributed by atoms with Crippen LogP contribution >= 0.6 is 0 Å². The van der Waals surface area contributed by atoms with Gasteiger partial charge in [-0.1, -0.05) is 46.9 Å². The van der Waals surface area contributed by atoms with Gasteiger partial charge in [0.15, 0.2) is 0 Å². The van der Waals surface area contributed by atoms with Gasteiger partial charge in [0, 0.05) is 18.6 Å². The first-order valence-corrected chi connectivity index (χ1v) is 5.68. The van der Waals surface area contributed by atoms with Crippen LogP contribution < -0.4 is 0 Å². The fraction of sp³-hybridized carbons (Fsp3) is 0.357. The lowest BCUT2D eigenvalue weighted by molar-refractivity contribution is 0.792. The summed E-state index contributed by atoms with van der Waals surface area (Å²) in [5, 5.41) is 0. The summed E-state index contributed by atoms with van der Waals surface area (Å²) in [6.07, 6.45) is 9.30. The molecule has 2 nitrogen and oxygen atoms in total. The highest BCUT2D eigenvalue weighted by Gasteiger charge is 2.00. The van der Waals surface area contributed by atoms with E-state index >= 15 is 0 Å². The van der Waals surface area contributed by atoms with Gasteiger partial charge in [-0.2, -0.15) is 0 Å². The maximum atomic E-state index is 4.15. The molecule has 0 atom stereocenters. The molecule has 0 aliphatic carbocycles. The van der Waals surface area contributed by atoms with E-state index in [2.05, 4.69) is 32.0 Å². The first-order chi connectivity index (χ1) is 7.69. The molecule has 0 aliphatic heterocycles. The van der Waals surface area contributed by atoms with Gasteiger partial charge >= 0.3 is 0 Å². The van der Waals surface area contributed by atoms with Crippen molar-refractivity contribution in [1.29, 1.82) is 0 Å². The standard InChI is InChI=1S/C12H16N2.C2H6/c1-5-11(10(3)4)9-14-8-7-13-12(14)6-2;1-2/h5-10H,1-2H2,3-4H3;1-2H3/b11-9+;. The number of hydrogen-bond donors (Lipinski definition) is 0. The van der Waals surface area contributed by atoms with E-state index in [1.165, 1.54) is 5.57 Å². The fourth-order valence-corrected chi connectivity index (χ4v) is 1.19. The molecule has 1 heterocycles. The van der Waals surface area contributed by atoms with Crippen LogP contribution in [0.3, 0.4) is 0 Å². The number of rotatable bonds is 4. The van der Waals surface area contributed by atoms with Gasteiger partial charge in [0.25, 0.3) is 0 Å². The van der Waals surface area contributed by atoms with Gasteiger partial charge in [0.2, 0.25) is 0 Å². The number of aromatic nitrogens is 2. The van der Waals surface area contributed by atoms with Crippen LogP contribution in [-0.2, 0) is 0 Å². The zero-order valence-corrected chi connectivity index (χ0v) is 10.8. The number of allylic oxidation sites excluding steroid dienone is 2. The van der Waals surface area contributed by atoms with Crippen molar-refractivity contribution >= 4 is 12.3 Å². The predicted molar refractivity (Wildman–Crippen MR) is 73.0 cm³/mol. The summed E-state index contributed by atoms with van der Waals surface area (Å²) in [7, 11) is 0. The third kappa shape index (κ3) is 3.89. The van der Waals surface area contributed by atoms with Crippen molar-refractivity contribution in [2.75, 3.05) is 0 Å². The average Bonchev–Trinajstić information content (AvgIpc) is 2.75. The van der Waals surface area contributed by atoms with Gasteiger partial charge in [0.05, 0.1) is 0 Å². The van der Waals surface area contributed by atoms with E-state index in [0.29, 0.717) is 5.92 Å². The minimum Gasteiger partial charge on any atom is -0.307 e. The molecule has 0 N–H and O–H groups in total. The van der Waals surface area contributed by atoms with Crippen molar-refractivity contribution in [1.82, 2.24) is 9.55 Å². The van der Waals surface area contributed by atoms with Crippen LogP contribution in [0, 0.1) is 5.92 Å². The Morgan fingerprint density at radius 1 is 1.38 bits per heavy atom. The first kappa shape index (κ1) is 14.4. The molecule has 88 valence electrons. The molecule has 0 fully saturated rings. The highest BCUT2D eigenvalue weighted by atomic mass is 15.0. The van der Waals surface area contributed by atoms with E-state index in [4.69, 9.17) is 0 Å². The summed E-state index contributed by atoms with van der Waals surface area (Å²) in [5.74, 6) is 1.32. The van der Waals surface area contributed by atoms with Crippen molar-refractivity contribution in [3.63, 3.8) is 0 Å². The largest absolute Gasteiger partial charge is 0.307 e. The van der Waals surface area contributed by atoms with Gasteiger partial charge in [-0.05, 0) is 17.6 Å². The van der Waals surface area contributed by atoms with E-state index in [0.717, 1.165) is 5.82 Å². The molecule has 0 amide bonds. The van der Waals surface area contributed by atoms with Gasteiger partial charge in [-0.3, -0.25) is 0 Å². The van der Waals surface area contributed by atoms with E-state index in [1.807, 2.05) is 36.9 Å². The Bertz CT molecular complexity index is 357. The molecular weight excluding hydrogens is 196 g/mol. The highest BCUT2D eigenvalue weighted by molar-refractivity contribution is 5.46. The van der Waals surface area contributed by atoms with Crippen LogP contribution in [-0.4, -0.2) is 9.55 Å². The molecular formula is C14H22N2. The second-order valence-electron chi connectivity index (χ2n) is 3.38. The van der Waals surface area contributed by atoms with Crippen LogP contribution in [0.25, 0.3) is 12.3 Å². The molecule has 0 saturated heterocycles. The molecule has 0 unspecified atom stereocenters. The van der Waals surface area contributed by atoms with Gasteiger partial charge in [0.1, 0.15) is 5.82 Å². The summed E-state index contributed by atoms with van der Waals surface area (Å²) in [6, 6.07) is 0. The normalized spacial score (nSPS) is 10.7. The van der Waals surface area contributed by atoms with Crippen LogP contribution in [0.2, 0.25) is 0 Å². The van der Waals surface area contributed by atoms with Gasteiger partial charge in [-0.25, -0.2) is 4.98 Å². The Labute approximate surface area is 99.0 Å². The van der Waals surface area contributed by atoms with Crippen molar-refractivity contribution in [2.45, 2.75) is 27.7 Å². The molecule has 1 aromatic heterocycles. The lowest BCUT2D eigenvalue weighted by Crippen LogP contribution is -1.95. The zero-order valence-electron chi connectivity index (χ0n) is 10.8. The molecule has 0 bridgehead atoms. The molecule has 0 saturated carbocycles. The third-order valence-electron chi connectivity index (χ3n) is 2.07. The molecule has 0 aliphatic rings. The van der Waals surface area contributed by atoms with Crippen LogP contribution in [0.1, 0.15) is 33.5 Å². The smallest absolute Gasteiger partial charge is 0.136 e. The highest BCUT2D eigenvalue weighted by Crippen LogP contribution is 2.13. The summed E-state index contributed by atoms with van der Waals surface area (Å²) in [6.45, 7) is 15.8. The summed E-state index contributed by atoms with van der Waals surface area (Å²) >= 11 is 0. The SMILES string of the molecule is C=C/C(=C\n1ccnc1C=C)C(C)C.CC. The van der Waals surface area contributed by atoms with Crippen molar-refractivity contribution in [3.05, 3.63) is 43.0 Å². The second-order valence-corrected chi connectivity index (χ2v) is 3.38. The average molecular weight is 218 g/mol. The van der Waals surface area contributed by atoms with E-state index < -0.39 is 0 Å². The van der Waals surface area contributed by atoms with Crippen LogP contribution in [0.15, 0.2) is 37.2 Å². The Balaban J connectivity index is 0.00000106. The third-order valence-corrected chi connectivity index (χ3v) is 2.07. The summed E-state index contributed by atoms with van der Waals surface area (Å²) < 4.78 is 1.95. The van der Waals surface area contributed by atoms with Gasteiger partial charge < -0.3 is 4.57 Å². The quantitative estimate of drug-likeness (QED) is 0.691. The monoisotopic (exact) mass is 218 g/mol. The molecule has 1 rings (SSSR count). The molecule has 0 radical (unpaired) electrons. The Hall–Kier alpha value is -1.57. The second kappa shape index (κ2) is 7.69. The molecule has 0 spiro atoms. The maximum Gasteiger partial charge on any atom is 0.136 e. The number of nitrogens with zero attached hydrogens (tertiary/aromatic N) is 2. The summed E-state index contributed by atoms with van der Waals surface area (Å²) in [4.78, 5) is 4.15. The Kier molecular flexibility index (Phi) is 6.93. The van der Waals surface area contributed by atoms with Crippen molar-refractivity contribution < 1.29 is 0 Å². The van der Waals surface area contributed by atoms with Crippen molar-refractivity contribution in [2.24, 2.45) is 5.92 Å².